The van der Waals surface area contributed by atoms with Gasteiger partial charge in [0.25, 0.3) is 0 Å². The maximum Gasteiger partial charge on any atom is 0.342 e. The fourth-order valence-corrected chi connectivity index (χ4v) is 7.72. The molecule has 0 aliphatic heterocycles. The van der Waals surface area contributed by atoms with E-state index in [-0.39, 0.29) is 33.5 Å². The molecule has 5 atom stereocenters. The quantitative estimate of drug-likeness (QED) is 0.573. The summed E-state index contributed by atoms with van der Waals surface area (Å²) in [7, 11) is -1.32. The van der Waals surface area contributed by atoms with E-state index in [2.05, 4.69) is 13.0 Å². The zero-order valence-corrected chi connectivity index (χ0v) is 21.6. The zero-order valence-electron chi connectivity index (χ0n) is 20.8. The Kier molecular flexibility index (Phi) is 6.19. The van der Waals surface area contributed by atoms with Crippen molar-refractivity contribution in [2.75, 3.05) is 14.2 Å². The summed E-state index contributed by atoms with van der Waals surface area (Å²) in [5.74, 6) is 1.27. The molecule has 3 aliphatic carbocycles. The maximum absolute atomic E-state index is 13.4. The van der Waals surface area contributed by atoms with Crippen LogP contribution in [0, 0.1) is 17.3 Å². The second kappa shape index (κ2) is 8.95. The van der Waals surface area contributed by atoms with Crippen LogP contribution in [-0.2, 0) is 21.2 Å². The van der Waals surface area contributed by atoms with Gasteiger partial charge in [0.15, 0.2) is 11.5 Å². The molecule has 9 heteroatoms. The Bertz CT molecular complexity index is 1310. The average molecular weight is 516 g/mol. The number of hydrogen-bond donors (Lipinski definition) is 2. The molecule has 0 saturated heterocycles. The zero-order chi connectivity index (χ0) is 25.8. The molecular weight excluding hydrogens is 482 g/mol. The van der Waals surface area contributed by atoms with Crippen LogP contribution in [0.5, 0.6) is 17.2 Å². The van der Waals surface area contributed by atoms with Crippen molar-refractivity contribution in [1.29, 1.82) is 0 Å². The highest BCUT2D eigenvalue weighted by molar-refractivity contribution is 7.89. The number of primary sulfonamides is 1. The number of esters is 1. The number of sulfonamides is 1. The van der Waals surface area contributed by atoms with E-state index >= 15 is 0 Å². The highest BCUT2D eigenvalue weighted by atomic mass is 32.2. The van der Waals surface area contributed by atoms with Crippen molar-refractivity contribution in [1.82, 2.24) is 0 Å². The highest BCUT2D eigenvalue weighted by Gasteiger charge is 2.56. The molecule has 0 amide bonds. The van der Waals surface area contributed by atoms with E-state index in [9.17, 15) is 18.3 Å². The Morgan fingerprint density at radius 3 is 2.56 bits per heavy atom. The van der Waals surface area contributed by atoms with Gasteiger partial charge in [-0.2, -0.15) is 0 Å². The normalized spacial score (nSPS) is 29.0. The number of rotatable bonds is 5. The summed E-state index contributed by atoms with van der Waals surface area (Å²) < 4.78 is 40.8. The van der Waals surface area contributed by atoms with Crippen LogP contribution >= 0.6 is 0 Å². The third-order valence-corrected chi connectivity index (χ3v) is 9.77. The molecular formula is C27H33NO7S. The van der Waals surface area contributed by atoms with Crippen LogP contribution in [0.15, 0.2) is 35.2 Å². The lowest BCUT2D eigenvalue weighted by molar-refractivity contribution is -0.0429. The number of fused-ring (bicyclic) bond motifs is 5. The standard InChI is InChI=1S/C27H33NO7S/c1-27-11-10-19-18-7-5-16(29)12-15(18)4-6-20(19)22(27)8-9-24(27)35-26(30)21-13-17(36(28,31)32)14-23(33-2)25(21)34-3/h5,7,12-14,19-20,22,24,29H,4,6,8-11H2,1-3H3,(H2,28,31,32)/t19?,20?,22?,24?,27-/m0/s1. The Hall–Kier alpha value is -2.78. The number of carbonyl (C=O) groups excluding carboxylic acids is 1. The SMILES string of the molecule is COc1cc(S(N)(=O)=O)cc(C(=O)OC2CCC3C4CCc5cc(O)ccc5C4CC[C@]23C)c1OC. The molecule has 194 valence electrons. The lowest BCUT2D eigenvalue weighted by Crippen LogP contribution is -2.45. The van der Waals surface area contributed by atoms with Crippen LogP contribution in [0.4, 0.5) is 0 Å². The fourth-order valence-electron chi connectivity index (χ4n) is 7.16. The van der Waals surface area contributed by atoms with Gasteiger partial charge in [-0.1, -0.05) is 13.0 Å². The third-order valence-electron chi connectivity index (χ3n) is 8.87. The first-order valence-electron chi connectivity index (χ1n) is 12.4. The highest BCUT2D eigenvalue weighted by Crippen LogP contribution is 2.61. The van der Waals surface area contributed by atoms with E-state index in [4.69, 9.17) is 19.3 Å². The minimum atomic E-state index is -4.07. The number of methoxy groups -OCH3 is 2. The Morgan fingerprint density at radius 1 is 1.08 bits per heavy atom. The third kappa shape index (κ3) is 4.02. The second-order valence-corrected chi connectivity index (χ2v) is 12.1. The summed E-state index contributed by atoms with van der Waals surface area (Å²) in [5, 5.41) is 15.2. The summed E-state index contributed by atoms with van der Waals surface area (Å²) in [6.07, 6.45) is 5.37. The molecule has 0 spiro atoms. The van der Waals surface area contributed by atoms with Crippen LogP contribution in [0.25, 0.3) is 0 Å². The van der Waals surface area contributed by atoms with Crippen molar-refractivity contribution in [3.05, 3.63) is 47.0 Å². The topological polar surface area (TPSA) is 125 Å². The number of nitrogens with two attached hydrogens (primary N) is 1. The number of carbonyl (C=O) groups is 1. The van der Waals surface area contributed by atoms with Crippen LogP contribution in [0.3, 0.4) is 0 Å². The van der Waals surface area contributed by atoms with Crippen molar-refractivity contribution in [3.63, 3.8) is 0 Å². The van der Waals surface area contributed by atoms with Gasteiger partial charge in [0.1, 0.15) is 17.4 Å². The average Bonchev–Trinajstić information content (AvgIpc) is 3.18. The number of aromatic hydroxyl groups is 1. The molecule has 2 aromatic rings. The van der Waals surface area contributed by atoms with Gasteiger partial charge < -0.3 is 19.3 Å². The van der Waals surface area contributed by atoms with Gasteiger partial charge in [0.05, 0.1) is 19.1 Å². The lowest BCUT2D eigenvalue weighted by atomic mass is 9.55. The van der Waals surface area contributed by atoms with Crippen molar-refractivity contribution in [2.45, 2.75) is 62.4 Å². The summed E-state index contributed by atoms with van der Waals surface area (Å²) >= 11 is 0. The van der Waals surface area contributed by atoms with Crippen molar-refractivity contribution in [2.24, 2.45) is 22.4 Å². The van der Waals surface area contributed by atoms with Gasteiger partial charge in [-0.15, -0.1) is 0 Å². The molecule has 0 radical (unpaired) electrons. The molecule has 0 heterocycles. The van der Waals surface area contributed by atoms with Crippen molar-refractivity contribution in [3.8, 4) is 17.2 Å². The largest absolute Gasteiger partial charge is 0.508 e. The molecule has 2 fully saturated rings. The fraction of sp³-hybridized carbons (Fsp3) is 0.519. The predicted octanol–water partition coefficient (Wildman–Crippen LogP) is 4.14. The van der Waals surface area contributed by atoms with Gasteiger partial charge in [-0.25, -0.2) is 18.4 Å². The van der Waals surface area contributed by atoms with Gasteiger partial charge in [-0.3, -0.25) is 0 Å². The monoisotopic (exact) mass is 515 g/mol. The molecule has 5 rings (SSSR count). The summed E-state index contributed by atoms with van der Waals surface area (Å²) in [6.45, 7) is 2.23. The molecule has 3 N–H and O–H groups in total. The van der Waals surface area contributed by atoms with Gasteiger partial charge in [0.2, 0.25) is 10.0 Å². The van der Waals surface area contributed by atoms with Gasteiger partial charge in [-0.05, 0) is 85.6 Å². The first-order valence-corrected chi connectivity index (χ1v) is 13.9. The maximum atomic E-state index is 13.4. The minimum Gasteiger partial charge on any atom is -0.508 e. The van der Waals surface area contributed by atoms with Crippen LogP contribution in [0.1, 0.15) is 66.4 Å². The first-order chi connectivity index (χ1) is 17.1. The van der Waals surface area contributed by atoms with Crippen molar-refractivity contribution >= 4 is 16.0 Å². The first kappa shape index (κ1) is 24.9. The van der Waals surface area contributed by atoms with Crippen LogP contribution in [-0.4, -0.2) is 39.8 Å². The molecule has 0 aromatic heterocycles. The van der Waals surface area contributed by atoms with Crippen molar-refractivity contribution < 1.29 is 32.5 Å². The molecule has 2 aromatic carbocycles. The summed E-state index contributed by atoms with van der Waals surface area (Å²) in [5.41, 5.74) is 2.41. The molecule has 2 saturated carbocycles. The molecule has 36 heavy (non-hydrogen) atoms. The number of benzene rings is 2. The predicted molar refractivity (Wildman–Crippen MR) is 133 cm³/mol. The molecule has 4 unspecified atom stereocenters. The van der Waals surface area contributed by atoms with E-state index in [1.54, 1.807) is 6.07 Å². The van der Waals surface area contributed by atoms with Gasteiger partial charge in [0, 0.05) is 11.5 Å². The number of phenolic OH excluding ortho intramolecular Hbond substituents is 1. The van der Waals surface area contributed by atoms with Gasteiger partial charge >= 0.3 is 5.97 Å². The molecule has 0 bridgehead atoms. The second-order valence-electron chi connectivity index (χ2n) is 10.6. The summed E-state index contributed by atoms with van der Waals surface area (Å²) in [4.78, 5) is 13.2. The van der Waals surface area contributed by atoms with E-state index in [1.807, 2.05) is 6.07 Å². The van der Waals surface area contributed by atoms with Crippen LogP contribution in [0.2, 0.25) is 0 Å². The Morgan fingerprint density at radius 2 is 1.86 bits per heavy atom. The molecule has 8 nitrogen and oxygen atoms in total. The lowest BCUT2D eigenvalue weighted by Gasteiger charge is -2.50. The van der Waals surface area contributed by atoms with E-state index in [0.29, 0.717) is 23.5 Å². The smallest absolute Gasteiger partial charge is 0.342 e. The Labute approximate surface area is 211 Å². The van der Waals surface area contributed by atoms with Crippen LogP contribution < -0.4 is 14.6 Å². The number of hydrogen-bond acceptors (Lipinski definition) is 7. The molecule has 3 aliphatic rings. The number of aryl methyl sites for hydroxylation is 1. The van der Waals surface area contributed by atoms with E-state index in [1.165, 1.54) is 37.5 Å². The van der Waals surface area contributed by atoms with E-state index < -0.39 is 16.0 Å². The number of ether oxygens (including phenoxy) is 3. The Balaban J connectivity index is 1.41. The van der Waals surface area contributed by atoms with E-state index in [0.717, 1.165) is 38.5 Å². The minimum absolute atomic E-state index is 0.0204. The number of phenols is 1. The summed E-state index contributed by atoms with van der Waals surface area (Å²) in [6, 6.07) is 8.19.